The first kappa shape index (κ1) is 22.7. The van der Waals surface area contributed by atoms with Crippen LogP contribution in [-0.2, 0) is 6.54 Å². The Bertz CT molecular complexity index is 922. The van der Waals surface area contributed by atoms with Gasteiger partial charge in [0, 0.05) is 57.1 Å². The highest BCUT2D eigenvalue weighted by atomic mass is 16.2. The molecular formula is C23H31N7O. The van der Waals surface area contributed by atoms with E-state index in [9.17, 15) is 4.79 Å². The summed E-state index contributed by atoms with van der Waals surface area (Å²) >= 11 is 0. The number of hydrogen-bond donors (Lipinski definition) is 1. The molecule has 0 unspecified atom stereocenters. The van der Waals surface area contributed by atoms with Gasteiger partial charge in [0.1, 0.15) is 6.07 Å². The number of piperazine rings is 1. The van der Waals surface area contributed by atoms with Crippen molar-refractivity contribution in [1.82, 2.24) is 25.2 Å². The summed E-state index contributed by atoms with van der Waals surface area (Å²) < 4.78 is 0. The van der Waals surface area contributed by atoms with Gasteiger partial charge in [-0.05, 0) is 30.2 Å². The quantitative estimate of drug-likeness (QED) is 0.716. The van der Waals surface area contributed by atoms with Gasteiger partial charge in [-0.15, -0.1) is 0 Å². The van der Waals surface area contributed by atoms with Crippen molar-refractivity contribution in [3.05, 3.63) is 53.5 Å². The summed E-state index contributed by atoms with van der Waals surface area (Å²) in [6.45, 7) is 11.9. The summed E-state index contributed by atoms with van der Waals surface area (Å²) in [5.74, 6) is 0.341. The van der Waals surface area contributed by atoms with E-state index in [0.29, 0.717) is 17.9 Å². The standard InChI is InChI=1S/C23H31N7O/c1-23(2,3)17-30(21-9-10-25-20(15-24)26-21)27-22(31)19-7-5-18(6-8-19)16-29-13-11-28(4)12-14-29/h5-10H,11-14,16-17H2,1-4H3,(H,27,31). The Hall–Kier alpha value is -3.02. The lowest BCUT2D eigenvalue weighted by atomic mass is 9.97. The van der Waals surface area contributed by atoms with E-state index < -0.39 is 0 Å². The van der Waals surface area contributed by atoms with Gasteiger partial charge in [-0.3, -0.25) is 20.1 Å². The van der Waals surface area contributed by atoms with Crippen molar-refractivity contribution in [1.29, 1.82) is 5.26 Å². The van der Waals surface area contributed by atoms with Crippen LogP contribution in [0.15, 0.2) is 36.5 Å². The number of anilines is 1. The molecule has 164 valence electrons. The molecule has 2 heterocycles. The topological polar surface area (TPSA) is 88.4 Å². The van der Waals surface area contributed by atoms with Crippen LogP contribution in [0.4, 0.5) is 5.82 Å². The summed E-state index contributed by atoms with van der Waals surface area (Å²) in [6, 6.07) is 11.4. The van der Waals surface area contributed by atoms with Crippen molar-refractivity contribution in [2.45, 2.75) is 27.3 Å². The molecule has 1 aromatic carbocycles. The van der Waals surface area contributed by atoms with Gasteiger partial charge >= 0.3 is 0 Å². The van der Waals surface area contributed by atoms with Gasteiger partial charge in [0.15, 0.2) is 5.82 Å². The highest BCUT2D eigenvalue weighted by molar-refractivity contribution is 5.95. The summed E-state index contributed by atoms with van der Waals surface area (Å²) in [4.78, 5) is 25.9. The number of likely N-dealkylation sites (N-methyl/N-ethyl adjacent to an activating group) is 1. The fraction of sp³-hybridized carbons (Fsp3) is 0.478. The van der Waals surface area contributed by atoms with Crippen molar-refractivity contribution >= 4 is 11.7 Å². The Morgan fingerprint density at radius 1 is 1.16 bits per heavy atom. The number of hydrogen-bond acceptors (Lipinski definition) is 7. The number of nitrogens with one attached hydrogen (secondary N) is 1. The minimum absolute atomic E-state index is 0.0684. The second-order valence-electron chi connectivity index (χ2n) is 9.21. The van der Waals surface area contributed by atoms with Crippen LogP contribution in [0.25, 0.3) is 0 Å². The maximum Gasteiger partial charge on any atom is 0.269 e. The van der Waals surface area contributed by atoms with Crippen LogP contribution in [0.5, 0.6) is 0 Å². The van der Waals surface area contributed by atoms with Crippen LogP contribution in [0.3, 0.4) is 0 Å². The number of amides is 1. The number of rotatable bonds is 6. The maximum atomic E-state index is 12.9. The molecule has 1 aliphatic heterocycles. The first-order chi connectivity index (χ1) is 14.7. The Balaban J connectivity index is 1.68. The molecule has 2 aromatic rings. The van der Waals surface area contributed by atoms with Crippen LogP contribution >= 0.6 is 0 Å². The lowest BCUT2D eigenvalue weighted by Crippen LogP contribution is -2.47. The number of nitriles is 1. The molecule has 8 heteroatoms. The molecule has 1 saturated heterocycles. The lowest BCUT2D eigenvalue weighted by Gasteiger charge is -2.32. The Morgan fingerprint density at radius 3 is 2.45 bits per heavy atom. The van der Waals surface area contributed by atoms with Crippen LogP contribution in [0.1, 0.15) is 42.5 Å². The van der Waals surface area contributed by atoms with Gasteiger partial charge in [-0.2, -0.15) is 10.2 Å². The molecule has 1 amide bonds. The zero-order chi connectivity index (χ0) is 22.4. The largest absolute Gasteiger partial charge is 0.304 e. The SMILES string of the molecule is CN1CCN(Cc2ccc(C(=O)NN(CC(C)(C)C)c3ccnc(C#N)n3)cc2)CC1. The van der Waals surface area contributed by atoms with Gasteiger partial charge < -0.3 is 4.90 Å². The summed E-state index contributed by atoms with van der Waals surface area (Å²) in [7, 11) is 2.15. The Morgan fingerprint density at radius 2 is 1.84 bits per heavy atom. The van der Waals surface area contributed by atoms with E-state index in [1.807, 2.05) is 30.3 Å². The van der Waals surface area contributed by atoms with Crippen molar-refractivity contribution in [3.8, 4) is 6.07 Å². The van der Waals surface area contributed by atoms with Gasteiger partial charge in [-0.25, -0.2) is 4.98 Å². The predicted octanol–water partition coefficient (Wildman–Crippen LogP) is 2.29. The highest BCUT2D eigenvalue weighted by Gasteiger charge is 2.21. The summed E-state index contributed by atoms with van der Waals surface area (Å²) in [6.07, 6.45) is 1.52. The van der Waals surface area contributed by atoms with Crippen molar-refractivity contribution in [2.24, 2.45) is 5.41 Å². The average molecular weight is 422 g/mol. The zero-order valence-corrected chi connectivity index (χ0v) is 18.8. The third kappa shape index (κ3) is 6.74. The number of carbonyl (C=O) groups is 1. The molecule has 1 aromatic heterocycles. The molecule has 3 rings (SSSR count). The van der Waals surface area contributed by atoms with Crippen LogP contribution in [0.2, 0.25) is 0 Å². The fourth-order valence-corrected chi connectivity index (χ4v) is 3.42. The monoisotopic (exact) mass is 421 g/mol. The van der Waals surface area contributed by atoms with Gasteiger partial charge in [0.05, 0.1) is 0 Å². The number of carbonyl (C=O) groups excluding carboxylic acids is 1. The number of hydrazine groups is 1. The molecule has 0 spiro atoms. The maximum absolute atomic E-state index is 12.9. The van der Waals surface area contributed by atoms with E-state index in [4.69, 9.17) is 5.26 Å². The smallest absolute Gasteiger partial charge is 0.269 e. The van der Waals surface area contributed by atoms with Gasteiger partial charge in [-0.1, -0.05) is 32.9 Å². The van der Waals surface area contributed by atoms with Crippen molar-refractivity contribution in [2.75, 3.05) is 44.8 Å². The molecule has 1 aliphatic rings. The van der Waals surface area contributed by atoms with Crippen molar-refractivity contribution in [3.63, 3.8) is 0 Å². The van der Waals surface area contributed by atoms with E-state index in [2.05, 4.69) is 53.0 Å². The molecule has 0 bridgehead atoms. The van der Waals surface area contributed by atoms with Crippen LogP contribution in [0, 0.1) is 16.7 Å². The molecule has 31 heavy (non-hydrogen) atoms. The second kappa shape index (κ2) is 9.86. The fourth-order valence-electron chi connectivity index (χ4n) is 3.42. The predicted molar refractivity (Wildman–Crippen MR) is 120 cm³/mol. The molecular weight excluding hydrogens is 390 g/mol. The Kier molecular flexibility index (Phi) is 7.21. The number of nitrogens with zero attached hydrogens (tertiary/aromatic N) is 6. The summed E-state index contributed by atoms with van der Waals surface area (Å²) in [5.41, 5.74) is 4.62. The molecule has 0 atom stereocenters. The molecule has 0 saturated carbocycles. The van der Waals surface area contributed by atoms with E-state index >= 15 is 0 Å². The zero-order valence-electron chi connectivity index (χ0n) is 18.8. The summed E-state index contributed by atoms with van der Waals surface area (Å²) in [5, 5.41) is 10.8. The van der Waals surface area contributed by atoms with Gasteiger partial charge in [0.25, 0.3) is 5.91 Å². The third-order valence-corrected chi connectivity index (χ3v) is 5.10. The molecule has 0 radical (unpaired) electrons. The molecule has 1 fully saturated rings. The minimum Gasteiger partial charge on any atom is -0.304 e. The third-order valence-electron chi connectivity index (χ3n) is 5.10. The minimum atomic E-state index is -0.215. The lowest BCUT2D eigenvalue weighted by molar-refractivity contribution is 0.0945. The van der Waals surface area contributed by atoms with E-state index in [1.165, 1.54) is 11.8 Å². The molecule has 1 N–H and O–H groups in total. The molecule has 0 aliphatic carbocycles. The van der Waals surface area contributed by atoms with Crippen LogP contribution in [-0.4, -0.2) is 65.4 Å². The highest BCUT2D eigenvalue weighted by Crippen LogP contribution is 2.19. The molecule has 8 nitrogen and oxygen atoms in total. The Labute approximate surface area is 184 Å². The normalized spacial score (nSPS) is 15.3. The van der Waals surface area contributed by atoms with E-state index in [-0.39, 0.29) is 17.1 Å². The first-order valence-corrected chi connectivity index (χ1v) is 10.5. The number of aromatic nitrogens is 2. The first-order valence-electron chi connectivity index (χ1n) is 10.5. The van der Waals surface area contributed by atoms with Crippen molar-refractivity contribution < 1.29 is 4.79 Å². The number of benzene rings is 1. The second-order valence-corrected chi connectivity index (χ2v) is 9.21. The average Bonchev–Trinajstić information content (AvgIpc) is 2.74. The van der Waals surface area contributed by atoms with Gasteiger partial charge in [0.2, 0.25) is 5.82 Å². The van der Waals surface area contributed by atoms with E-state index in [1.54, 1.807) is 11.1 Å². The van der Waals surface area contributed by atoms with Crippen LogP contribution < -0.4 is 10.4 Å². The van der Waals surface area contributed by atoms with E-state index in [0.717, 1.165) is 32.7 Å².